The highest BCUT2D eigenvalue weighted by Gasteiger charge is 2.72. The fourth-order valence-electron chi connectivity index (χ4n) is 7.08. The van der Waals surface area contributed by atoms with Crippen molar-refractivity contribution in [2.75, 3.05) is 0 Å². The normalized spacial score (nSPS) is 14.8. The maximum Gasteiger partial charge on any atom is 0.239 e. The molecule has 0 aliphatic heterocycles. The van der Waals surface area contributed by atoms with Crippen LogP contribution < -0.4 is 5.19 Å². The molecule has 0 spiro atoms. The van der Waals surface area contributed by atoms with Crippen molar-refractivity contribution in [3.63, 3.8) is 0 Å². The second-order valence-electron chi connectivity index (χ2n) is 9.88. The summed E-state index contributed by atoms with van der Waals surface area (Å²) in [4.78, 5) is 0. The van der Waals surface area contributed by atoms with Gasteiger partial charge in [-0.1, -0.05) is 101 Å². The van der Waals surface area contributed by atoms with E-state index >= 15 is 4.11 Å². The van der Waals surface area contributed by atoms with Crippen molar-refractivity contribution in [2.24, 2.45) is 0 Å². The molecule has 0 aliphatic rings. The van der Waals surface area contributed by atoms with E-state index in [1.54, 1.807) is 0 Å². The fraction of sp³-hybridized carbons (Fsp3) is 0.684. The van der Waals surface area contributed by atoms with Crippen LogP contribution in [0.4, 0.5) is 4.11 Å². The predicted octanol–water partition coefficient (Wildman–Crippen LogP) is 6.59. The molecular weight excluding hydrogens is 360 g/mol. The summed E-state index contributed by atoms with van der Waals surface area (Å²) in [5.74, 6) is 0. The molecule has 0 fully saturated rings. The molecule has 0 atom stereocenters. The number of benzene rings is 1. The van der Waals surface area contributed by atoms with Gasteiger partial charge in [-0.3, -0.25) is 0 Å². The van der Waals surface area contributed by atoms with Crippen LogP contribution in [-0.2, 0) is 0 Å². The Balaban J connectivity index is 4.06. The SMILES string of the molecule is CC[Si](CC)(c1ccccc1)C([Si](C)(C)C)([Si](C)(C)C)[Si](C)(C)F. The van der Waals surface area contributed by atoms with E-state index in [0.717, 1.165) is 0 Å². The van der Waals surface area contributed by atoms with E-state index in [2.05, 4.69) is 83.5 Å². The largest absolute Gasteiger partial charge is 0.315 e. The molecule has 0 bridgehead atoms. The van der Waals surface area contributed by atoms with Crippen LogP contribution in [0, 0.1) is 0 Å². The van der Waals surface area contributed by atoms with Gasteiger partial charge in [0, 0.05) is 16.1 Å². The van der Waals surface area contributed by atoms with Crippen LogP contribution in [0.15, 0.2) is 30.3 Å². The third-order valence-electron chi connectivity index (χ3n) is 6.39. The summed E-state index contributed by atoms with van der Waals surface area (Å²) in [6.45, 7) is 23.6. The second-order valence-corrected chi connectivity index (χ2v) is 32.0. The monoisotopic (exact) mass is 398 g/mol. The van der Waals surface area contributed by atoms with Crippen LogP contribution in [-0.4, -0.2) is 32.6 Å². The van der Waals surface area contributed by atoms with Gasteiger partial charge >= 0.3 is 0 Å². The van der Waals surface area contributed by atoms with Gasteiger partial charge in [0.25, 0.3) is 0 Å². The molecule has 0 heterocycles. The van der Waals surface area contributed by atoms with E-state index in [-0.39, 0.29) is 3.91 Å². The maximum atomic E-state index is 16.5. The lowest BCUT2D eigenvalue weighted by atomic mass is 10.4. The van der Waals surface area contributed by atoms with Crippen molar-refractivity contribution in [1.29, 1.82) is 0 Å². The lowest BCUT2D eigenvalue weighted by Gasteiger charge is -2.65. The molecule has 1 aromatic rings. The van der Waals surface area contributed by atoms with Crippen LogP contribution in [0.2, 0.25) is 68.4 Å². The van der Waals surface area contributed by atoms with E-state index in [1.807, 2.05) is 13.1 Å². The quantitative estimate of drug-likeness (QED) is 0.359. The Morgan fingerprint density at radius 3 is 1.38 bits per heavy atom. The Hall–Kier alpha value is 0.0175. The highest BCUT2D eigenvalue weighted by molar-refractivity contribution is 7.31. The van der Waals surface area contributed by atoms with Gasteiger partial charge in [0.2, 0.25) is 8.41 Å². The van der Waals surface area contributed by atoms with Gasteiger partial charge in [0.05, 0.1) is 8.07 Å². The minimum absolute atomic E-state index is 0.0187. The molecule has 0 amide bonds. The van der Waals surface area contributed by atoms with Crippen molar-refractivity contribution in [3.8, 4) is 0 Å². The molecule has 0 N–H and O–H groups in total. The van der Waals surface area contributed by atoms with Crippen LogP contribution in [0.25, 0.3) is 0 Å². The fourth-order valence-corrected chi connectivity index (χ4v) is 54.5. The second kappa shape index (κ2) is 6.97. The predicted molar refractivity (Wildman–Crippen MR) is 121 cm³/mol. The highest BCUT2D eigenvalue weighted by atomic mass is 28.5. The first kappa shape index (κ1) is 22.1. The van der Waals surface area contributed by atoms with Crippen molar-refractivity contribution in [2.45, 2.75) is 82.2 Å². The van der Waals surface area contributed by atoms with Crippen molar-refractivity contribution in [3.05, 3.63) is 30.3 Å². The van der Waals surface area contributed by atoms with Gasteiger partial charge in [-0.15, -0.1) is 0 Å². The Morgan fingerprint density at radius 2 is 1.12 bits per heavy atom. The van der Waals surface area contributed by atoms with E-state index in [1.165, 1.54) is 17.3 Å². The third-order valence-corrected chi connectivity index (χ3v) is 41.1. The topological polar surface area (TPSA) is 0 Å². The van der Waals surface area contributed by atoms with Crippen LogP contribution in [0.5, 0.6) is 0 Å². The Morgan fingerprint density at radius 1 is 0.750 bits per heavy atom. The van der Waals surface area contributed by atoms with Gasteiger partial charge in [0.15, 0.2) is 0 Å². The molecule has 0 saturated heterocycles. The first-order chi connectivity index (χ1) is 10.7. The summed E-state index contributed by atoms with van der Waals surface area (Å²) >= 11 is 0. The lowest BCUT2D eigenvalue weighted by Crippen LogP contribution is -2.80. The minimum atomic E-state index is -2.88. The zero-order valence-corrected chi connectivity index (χ0v) is 21.7. The maximum absolute atomic E-state index is 16.5. The van der Waals surface area contributed by atoms with Crippen LogP contribution in [0.3, 0.4) is 0 Å². The van der Waals surface area contributed by atoms with Gasteiger partial charge in [-0.05, 0) is 17.0 Å². The van der Waals surface area contributed by atoms with E-state index in [9.17, 15) is 0 Å². The summed E-state index contributed by atoms with van der Waals surface area (Å²) in [5.41, 5.74) is 0. The molecule has 0 saturated carbocycles. The summed E-state index contributed by atoms with van der Waals surface area (Å²) in [6.07, 6.45) is 0. The molecule has 24 heavy (non-hydrogen) atoms. The Bertz CT molecular complexity index is 495. The van der Waals surface area contributed by atoms with E-state index < -0.39 is 32.6 Å². The Kier molecular flexibility index (Phi) is 6.40. The van der Waals surface area contributed by atoms with Crippen molar-refractivity contribution < 1.29 is 4.11 Å². The number of rotatable bonds is 7. The zero-order valence-electron chi connectivity index (χ0n) is 17.7. The summed E-state index contributed by atoms with van der Waals surface area (Å²) in [7, 11) is -8.39. The van der Waals surface area contributed by atoms with Crippen LogP contribution >= 0.6 is 0 Å². The summed E-state index contributed by atoms with van der Waals surface area (Å²) < 4.78 is 16.5. The molecule has 0 nitrogen and oxygen atoms in total. The average Bonchev–Trinajstić information content (AvgIpc) is 2.41. The zero-order chi connectivity index (χ0) is 19.0. The van der Waals surface area contributed by atoms with Crippen molar-refractivity contribution >= 4 is 37.8 Å². The third kappa shape index (κ3) is 3.10. The molecule has 1 rings (SSSR count). The highest BCUT2D eigenvalue weighted by Crippen LogP contribution is 2.61. The number of hydrogen-bond acceptors (Lipinski definition) is 0. The van der Waals surface area contributed by atoms with Crippen LogP contribution in [0.1, 0.15) is 13.8 Å². The van der Waals surface area contributed by atoms with Gasteiger partial charge in [-0.2, -0.15) is 0 Å². The van der Waals surface area contributed by atoms with Gasteiger partial charge in [-0.25, -0.2) is 0 Å². The van der Waals surface area contributed by atoms with E-state index in [0.29, 0.717) is 0 Å². The Labute approximate surface area is 154 Å². The first-order valence-corrected chi connectivity index (χ1v) is 21.8. The van der Waals surface area contributed by atoms with Gasteiger partial charge in [0.1, 0.15) is 0 Å². The molecule has 1 aromatic carbocycles. The molecular formula is C19H39FSi4. The molecule has 0 aromatic heterocycles. The number of halogens is 1. The molecule has 5 heteroatoms. The molecule has 0 radical (unpaired) electrons. The molecule has 0 unspecified atom stereocenters. The minimum Gasteiger partial charge on any atom is -0.315 e. The standard InChI is InChI=1S/C19H39FSi4/c1-11-24(12-2,18-16-14-13-15-17-18)19(21(3,4)5,22(6,7)8)23(9,10)20/h13-17H,11-12H2,1-10H3. The lowest BCUT2D eigenvalue weighted by molar-refractivity contribution is 0.772. The first-order valence-electron chi connectivity index (χ1n) is 9.47. The summed E-state index contributed by atoms with van der Waals surface area (Å²) in [6, 6.07) is 13.5. The smallest absolute Gasteiger partial charge is 0.239 e. The van der Waals surface area contributed by atoms with Crippen molar-refractivity contribution in [1.82, 2.24) is 0 Å². The molecule has 138 valence electrons. The summed E-state index contributed by atoms with van der Waals surface area (Å²) in [5, 5.41) is 1.51. The average molecular weight is 399 g/mol. The van der Waals surface area contributed by atoms with E-state index in [4.69, 9.17) is 0 Å². The number of hydrogen-bond donors (Lipinski definition) is 0. The van der Waals surface area contributed by atoms with Gasteiger partial charge < -0.3 is 4.11 Å². The molecule has 0 aliphatic carbocycles.